The molecule has 2 heteroatoms. The molecule has 0 N–H and O–H groups in total. The highest BCUT2D eigenvalue weighted by molar-refractivity contribution is 6.55. The standard InChI is InChI=1S/C9H21OSi/c1-4-7-10-8-5-6-9-11(2)3/h4-9H2,1-3H3. The van der Waals surface area contributed by atoms with E-state index in [9.17, 15) is 0 Å². The molecule has 0 aromatic carbocycles. The summed E-state index contributed by atoms with van der Waals surface area (Å²) in [6.45, 7) is 8.81. The van der Waals surface area contributed by atoms with Crippen LogP contribution >= 0.6 is 0 Å². The van der Waals surface area contributed by atoms with Crippen molar-refractivity contribution in [3.63, 3.8) is 0 Å². The molecule has 1 nitrogen and oxygen atoms in total. The SMILES string of the molecule is CCCOCCCC[Si](C)C. The van der Waals surface area contributed by atoms with Crippen molar-refractivity contribution in [3.05, 3.63) is 0 Å². The van der Waals surface area contributed by atoms with Gasteiger partial charge in [-0.2, -0.15) is 0 Å². The Morgan fingerprint density at radius 3 is 2.36 bits per heavy atom. The van der Waals surface area contributed by atoms with E-state index in [0.717, 1.165) is 19.6 Å². The van der Waals surface area contributed by atoms with Crippen molar-refractivity contribution >= 4 is 8.80 Å². The predicted molar refractivity (Wildman–Crippen MR) is 52.6 cm³/mol. The molecule has 0 unspecified atom stereocenters. The van der Waals surface area contributed by atoms with Gasteiger partial charge in [-0.05, 0) is 12.8 Å². The Kier molecular flexibility index (Phi) is 8.41. The molecule has 0 bridgehead atoms. The van der Waals surface area contributed by atoms with E-state index in [2.05, 4.69) is 20.0 Å². The molecule has 0 rings (SSSR count). The van der Waals surface area contributed by atoms with Gasteiger partial charge in [0.05, 0.1) is 0 Å². The van der Waals surface area contributed by atoms with Crippen LogP contribution in [0.1, 0.15) is 26.2 Å². The molecular formula is C9H21OSi. The normalized spacial score (nSPS) is 10.9. The van der Waals surface area contributed by atoms with E-state index < -0.39 is 0 Å². The Balaban J connectivity index is 2.80. The average Bonchev–Trinajstić information content (AvgIpc) is 1.96. The van der Waals surface area contributed by atoms with Crippen molar-refractivity contribution in [2.45, 2.75) is 45.3 Å². The van der Waals surface area contributed by atoms with E-state index in [0.29, 0.717) is 0 Å². The fourth-order valence-corrected chi connectivity index (χ4v) is 1.89. The maximum Gasteiger partial charge on any atom is 0.0465 e. The van der Waals surface area contributed by atoms with Crippen LogP contribution in [0, 0.1) is 0 Å². The zero-order chi connectivity index (χ0) is 8.53. The first kappa shape index (κ1) is 11.2. The number of hydrogen-bond acceptors (Lipinski definition) is 1. The summed E-state index contributed by atoms with van der Waals surface area (Å²) >= 11 is 0. The highest BCUT2D eigenvalue weighted by atomic mass is 28.3. The summed E-state index contributed by atoms with van der Waals surface area (Å²) in [5, 5.41) is 0. The molecule has 0 amide bonds. The summed E-state index contributed by atoms with van der Waals surface area (Å²) in [5.41, 5.74) is 0. The van der Waals surface area contributed by atoms with Crippen LogP contribution in [-0.4, -0.2) is 22.0 Å². The average molecular weight is 173 g/mol. The van der Waals surface area contributed by atoms with Gasteiger partial charge >= 0.3 is 0 Å². The third kappa shape index (κ3) is 10.2. The van der Waals surface area contributed by atoms with Crippen LogP contribution in [0.4, 0.5) is 0 Å². The molecular weight excluding hydrogens is 152 g/mol. The third-order valence-corrected chi connectivity index (χ3v) is 2.92. The molecule has 1 radical (unpaired) electrons. The van der Waals surface area contributed by atoms with Crippen LogP contribution in [-0.2, 0) is 4.74 Å². The van der Waals surface area contributed by atoms with Crippen LogP contribution in [0.15, 0.2) is 0 Å². The lowest BCUT2D eigenvalue weighted by molar-refractivity contribution is 0.132. The molecule has 0 aromatic heterocycles. The second-order valence-corrected chi connectivity index (χ2v) is 6.19. The van der Waals surface area contributed by atoms with Crippen molar-refractivity contribution in [1.29, 1.82) is 0 Å². The van der Waals surface area contributed by atoms with Crippen LogP contribution < -0.4 is 0 Å². The Hall–Kier alpha value is 0.177. The molecule has 67 valence electrons. The Bertz CT molecular complexity index is 74.0. The van der Waals surface area contributed by atoms with E-state index in [1.807, 2.05) is 0 Å². The molecule has 0 heterocycles. The first-order valence-corrected chi connectivity index (χ1v) is 7.35. The number of ether oxygens (including phenoxy) is 1. The van der Waals surface area contributed by atoms with Gasteiger partial charge in [0.25, 0.3) is 0 Å². The predicted octanol–water partition coefficient (Wildman–Crippen LogP) is 2.95. The minimum absolute atomic E-state index is 0.0173. The van der Waals surface area contributed by atoms with Gasteiger partial charge in [-0.25, -0.2) is 0 Å². The lowest BCUT2D eigenvalue weighted by Gasteiger charge is -2.03. The number of rotatable bonds is 7. The zero-order valence-electron chi connectivity index (χ0n) is 8.15. The largest absolute Gasteiger partial charge is 0.381 e. The molecule has 0 saturated heterocycles. The van der Waals surface area contributed by atoms with Crippen molar-refractivity contribution in [2.75, 3.05) is 13.2 Å². The fourth-order valence-electron chi connectivity index (χ4n) is 0.929. The van der Waals surface area contributed by atoms with E-state index in [1.54, 1.807) is 0 Å². The smallest absolute Gasteiger partial charge is 0.0465 e. The van der Waals surface area contributed by atoms with Gasteiger partial charge in [-0.3, -0.25) is 0 Å². The third-order valence-electron chi connectivity index (χ3n) is 1.56. The monoisotopic (exact) mass is 173 g/mol. The lowest BCUT2D eigenvalue weighted by atomic mass is 10.3. The highest BCUT2D eigenvalue weighted by Crippen LogP contribution is 2.01. The summed E-state index contributed by atoms with van der Waals surface area (Å²) in [7, 11) is 0.0173. The van der Waals surface area contributed by atoms with Gasteiger partial charge in [0.1, 0.15) is 0 Å². The Morgan fingerprint density at radius 1 is 1.09 bits per heavy atom. The van der Waals surface area contributed by atoms with E-state index in [1.165, 1.54) is 18.9 Å². The van der Waals surface area contributed by atoms with Gasteiger partial charge in [0.2, 0.25) is 0 Å². The van der Waals surface area contributed by atoms with E-state index in [4.69, 9.17) is 4.74 Å². The molecule has 0 aliphatic heterocycles. The summed E-state index contributed by atoms with van der Waals surface area (Å²) < 4.78 is 5.38. The summed E-state index contributed by atoms with van der Waals surface area (Å²) in [5.74, 6) is 0. The van der Waals surface area contributed by atoms with Gasteiger partial charge in [-0.1, -0.05) is 32.5 Å². The Labute approximate surface area is 72.7 Å². The lowest BCUT2D eigenvalue weighted by Crippen LogP contribution is -2.00. The van der Waals surface area contributed by atoms with Gasteiger partial charge in [0.15, 0.2) is 0 Å². The number of hydrogen-bond donors (Lipinski definition) is 0. The second-order valence-electron chi connectivity index (χ2n) is 3.28. The maximum atomic E-state index is 5.38. The number of unbranched alkanes of at least 4 members (excludes halogenated alkanes) is 1. The molecule has 0 saturated carbocycles. The Morgan fingerprint density at radius 2 is 1.82 bits per heavy atom. The molecule has 0 spiro atoms. The van der Waals surface area contributed by atoms with Gasteiger partial charge in [0, 0.05) is 22.0 Å². The van der Waals surface area contributed by atoms with Crippen molar-refractivity contribution in [1.82, 2.24) is 0 Å². The molecule has 0 aliphatic carbocycles. The van der Waals surface area contributed by atoms with Crippen LogP contribution in [0.2, 0.25) is 19.1 Å². The molecule has 0 atom stereocenters. The molecule has 0 aliphatic rings. The zero-order valence-corrected chi connectivity index (χ0v) is 9.15. The van der Waals surface area contributed by atoms with Crippen LogP contribution in [0.25, 0.3) is 0 Å². The van der Waals surface area contributed by atoms with Crippen molar-refractivity contribution < 1.29 is 4.74 Å². The van der Waals surface area contributed by atoms with Crippen LogP contribution in [0.5, 0.6) is 0 Å². The second kappa shape index (κ2) is 8.28. The summed E-state index contributed by atoms with van der Waals surface area (Å²) in [6.07, 6.45) is 3.78. The first-order chi connectivity index (χ1) is 5.27. The fraction of sp³-hybridized carbons (Fsp3) is 1.00. The topological polar surface area (TPSA) is 9.23 Å². The summed E-state index contributed by atoms with van der Waals surface area (Å²) in [4.78, 5) is 0. The van der Waals surface area contributed by atoms with E-state index >= 15 is 0 Å². The van der Waals surface area contributed by atoms with E-state index in [-0.39, 0.29) is 8.80 Å². The van der Waals surface area contributed by atoms with Gasteiger partial charge in [-0.15, -0.1) is 0 Å². The summed E-state index contributed by atoms with van der Waals surface area (Å²) in [6, 6.07) is 1.44. The maximum absolute atomic E-state index is 5.38. The van der Waals surface area contributed by atoms with Gasteiger partial charge < -0.3 is 4.74 Å². The van der Waals surface area contributed by atoms with Crippen LogP contribution in [0.3, 0.4) is 0 Å². The molecule has 11 heavy (non-hydrogen) atoms. The molecule has 0 fully saturated rings. The van der Waals surface area contributed by atoms with Crippen molar-refractivity contribution in [2.24, 2.45) is 0 Å². The van der Waals surface area contributed by atoms with Crippen molar-refractivity contribution in [3.8, 4) is 0 Å². The minimum Gasteiger partial charge on any atom is -0.381 e. The highest BCUT2D eigenvalue weighted by Gasteiger charge is 1.94. The molecule has 0 aromatic rings. The minimum atomic E-state index is 0.0173. The first-order valence-electron chi connectivity index (χ1n) is 4.64. The quantitative estimate of drug-likeness (QED) is 0.425.